The number of hydrogen-bond acceptors (Lipinski definition) is 5. The van der Waals surface area contributed by atoms with Gasteiger partial charge in [0.1, 0.15) is 11.1 Å². The maximum Gasteiger partial charge on any atom is 0.235 e. The van der Waals surface area contributed by atoms with E-state index < -0.39 is 0 Å². The van der Waals surface area contributed by atoms with Gasteiger partial charge in [-0.25, -0.2) is 0 Å². The third kappa shape index (κ3) is 5.84. The summed E-state index contributed by atoms with van der Waals surface area (Å²) in [7, 11) is 0. The summed E-state index contributed by atoms with van der Waals surface area (Å²) in [6.45, 7) is 2.06. The van der Waals surface area contributed by atoms with Crippen LogP contribution in [0.5, 0.6) is 0 Å². The number of fused-ring (bicyclic) bond motifs is 1. The van der Waals surface area contributed by atoms with E-state index in [1.54, 1.807) is 11.3 Å². The standard InChI is InChI=1S/C22H25N3O2S2/c1-2-3-11-20(26)24-15-7-6-8-16(12-15)28-14-21(27)25-22-18(13-23)17-9-4-5-10-19(17)29-22/h6-8,12H,2-5,9-11,14H2,1H3,(H,24,26)(H,25,27). The molecule has 5 nitrogen and oxygen atoms in total. The minimum Gasteiger partial charge on any atom is -0.326 e. The first-order valence-corrected chi connectivity index (χ1v) is 11.8. The Kier molecular flexibility index (Phi) is 7.73. The molecule has 1 aliphatic rings. The van der Waals surface area contributed by atoms with Gasteiger partial charge < -0.3 is 10.6 Å². The van der Waals surface area contributed by atoms with Crippen LogP contribution in [-0.4, -0.2) is 17.6 Å². The van der Waals surface area contributed by atoms with Crippen LogP contribution >= 0.6 is 23.1 Å². The fraction of sp³-hybridized carbons (Fsp3) is 0.409. The normalized spacial score (nSPS) is 12.7. The van der Waals surface area contributed by atoms with Crippen molar-refractivity contribution in [3.63, 3.8) is 0 Å². The average molecular weight is 428 g/mol. The molecule has 1 aliphatic carbocycles. The second kappa shape index (κ2) is 10.5. The second-order valence-corrected chi connectivity index (χ2v) is 9.20. The highest BCUT2D eigenvalue weighted by Crippen LogP contribution is 2.37. The molecule has 29 heavy (non-hydrogen) atoms. The monoisotopic (exact) mass is 427 g/mol. The molecule has 2 aromatic rings. The van der Waals surface area contributed by atoms with Crippen molar-refractivity contribution in [3.05, 3.63) is 40.3 Å². The van der Waals surface area contributed by atoms with Crippen LogP contribution in [0, 0.1) is 11.3 Å². The van der Waals surface area contributed by atoms with Crippen LogP contribution in [-0.2, 0) is 22.4 Å². The first kappa shape index (κ1) is 21.4. The quantitative estimate of drug-likeness (QED) is 0.556. The first-order valence-electron chi connectivity index (χ1n) is 9.98. The van der Waals surface area contributed by atoms with Crippen LogP contribution < -0.4 is 10.6 Å². The van der Waals surface area contributed by atoms with E-state index in [4.69, 9.17) is 0 Å². The Morgan fingerprint density at radius 1 is 1.21 bits per heavy atom. The van der Waals surface area contributed by atoms with E-state index in [-0.39, 0.29) is 17.6 Å². The lowest BCUT2D eigenvalue weighted by Gasteiger charge is -2.09. The number of anilines is 2. The molecule has 0 saturated heterocycles. The zero-order valence-corrected chi connectivity index (χ0v) is 18.2. The van der Waals surface area contributed by atoms with Gasteiger partial charge in [-0.2, -0.15) is 5.26 Å². The number of amides is 2. The van der Waals surface area contributed by atoms with E-state index in [1.165, 1.54) is 16.6 Å². The van der Waals surface area contributed by atoms with Gasteiger partial charge in [-0.3, -0.25) is 9.59 Å². The number of rotatable bonds is 8. The lowest BCUT2D eigenvalue weighted by atomic mass is 9.96. The van der Waals surface area contributed by atoms with Gasteiger partial charge in [0.2, 0.25) is 11.8 Å². The number of thiophene rings is 1. The molecule has 0 radical (unpaired) electrons. The lowest BCUT2D eigenvalue weighted by molar-refractivity contribution is -0.116. The SMILES string of the molecule is CCCCC(=O)Nc1cccc(SCC(=O)Nc2sc3c(c2C#N)CCCC3)c1. The summed E-state index contributed by atoms with van der Waals surface area (Å²) >= 11 is 2.95. The largest absolute Gasteiger partial charge is 0.326 e. The van der Waals surface area contributed by atoms with Gasteiger partial charge in [-0.15, -0.1) is 23.1 Å². The summed E-state index contributed by atoms with van der Waals surface area (Å²) in [5.74, 6) is 0.139. The van der Waals surface area contributed by atoms with Crippen molar-refractivity contribution >= 4 is 45.6 Å². The molecule has 0 unspecified atom stereocenters. The van der Waals surface area contributed by atoms with Crippen molar-refractivity contribution in [2.24, 2.45) is 0 Å². The summed E-state index contributed by atoms with van der Waals surface area (Å²) in [6.07, 6.45) is 6.55. The number of nitrogens with zero attached hydrogens (tertiary/aromatic N) is 1. The average Bonchev–Trinajstić information content (AvgIpc) is 3.07. The minimum absolute atomic E-state index is 0.0115. The fourth-order valence-corrected chi connectivity index (χ4v) is 5.32. The summed E-state index contributed by atoms with van der Waals surface area (Å²) in [6, 6.07) is 9.80. The Hall–Kier alpha value is -2.30. The minimum atomic E-state index is -0.123. The van der Waals surface area contributed by atoms with Gasteiger partial charge in [0.25, 0.3) is 0 Å². The highest BCUT2D eigenvalue weighted by molar-refractivity contribution is 8.00. The van der Waals surface area contributed by atoms with E-state index in [1.807, 2.05) is 24.3 Å². The summed E-state index contributed by atoms with van der Waals surface area (Å²) in [5, 5.41) is 16.0. The van der Waals surface area contributed by atoms with Crippen molar-refractivity contribution in [1.82, 2.24) is 0 Å². The Labute approximate surface area is 179 Å². The number of aryl methyl sites for hydroxylation is 1. The second-order valence-electron chi connectivity index (χ2n) is 7.04. The lowest BCUT2D eigenvalue weighted by Crippen LogP contribution is -2.14. The zero-order valence-electron chi connectivity index (χ0n) is 16.5. The highest BCUT2D eigenvalue weighted by atomic mass is 32.2. The summed E-state index contributed by atoms with van der Waals surface area (Å²) in [4.78, 5) is 26.5. The molecule has 0 spiro atoms. The Balaban J connectivity index is 1.56. The molecule has 0 atom stereocenters. The molecule has 1 aromatic heterocycles. The van der Waals surface area contributed by atoms with Gasteiger partial charge in [0.15, 0.2) is 0 Å². The van der Waals surface area contributed by atoms with Crippen LogP contribution in [0.3, 0.4) is 0 Å². The molecule has 2 N–H and O–H groups in total. The number of nitriles is 1. The van der Waals surface area contributed by atoms with Crippen molar-refractivity contribution in [1.29, 1.82) is 5.26 Å². The molecule has 3 rings (SSSR count). The number of carbonyl (C=O) groups excluding carboxylic acids is 2. The molecular weight excluding hydrogens is 402 g/mol. The highest BCUT2D eigenvalue weighted by Gasteiger charge is 2.21. The van der Waals surface area contributed by atoms with Crippen molar-refractivity contribution in [3.8, 4) is 6.07 Å². The van der Waals surface area contributed by atoms with Gasteiger partial charge >= 0.3 is 0 Å². The summed E-state index contributed by atoms with van der Waals surface area (Å²) < 4.78 is 0. The number of nitrogens with one attached hydrogen (secondary N) is 2. The smallest absolute Gasteiger partial charge is 0.235 e. The Morgan fingerprint density at radius 2 is 2.03 bits per heavy atom. The number of hydrogen-bond donors (Lipinski definition) is 2. The predicted molar refractivity (Wildman–Crippen MR) is 120 cm³/mol. The Bertz CT molecular complexity index is 931. The maximum atomic E-state index is 12.4. The fourth-order valence-electron chi connectivity index (χ4n) is 3.31. The molecule has 2 amide bonds. The third-order valence-electron chi connectivity index (χ3n) is 4.78. The van der Waals surface area contributed by atoms with E-state index in [0.717, 1.165) is 54.7 Å². The molecule has 152 valence electrons. The molecule has 1 heterocycles. The number of thioether (sulfide) groups is 1. The van der Waals surface area contributed by atoms with Gasteiger partial charge in [0.05, 0.1) is 11.3 Å². The molecule has 0 bridgehead atoms. The van der Waals surface area contributed by atoms with Crippen molar-refractivity contribution in [2.75, 3.05) is 16.4 Å². The number of carbonyl (C=O) groups is 2. The molecule has 0 saturated carbocycles. The summed E-state index contributed by atoms with van der Waals surface area (Å²) in [5.41, 5.74) is 2.51. The van der Waals surface area contributed by atoms with E-state index in [2.05, 4.69) is 23.6 Å². The Morgan fingerprint density at radius 3 is 2.83 bits per heavy atom. The molecular formula is C22H25N3O2S2. The van der Waals surface area contributed by atoms with Crippen molar-refractivity contribution < 1.29 is 9.59 Å². The molecule has 0 aliphatic heterocycles. The van der Waals surface area contributed by atoms with Crippen LogP contribution in [0.15, 0.2) is 29.2 Å². The van der Waals surface area contributed by atoms with Crippen molar-refractivity contribution in [2.45, 2.75) is 56.8 Å². The van der Waals surface area contributed by atoms with E-state index >= 15 is 0 Å². The van der Waals surface area contributed by atoms with Crippen LogP contribution in [0.4, 0.5) is 10.7 Å². The molecule has 7 heteroatoms. The van der Waals surface area contributed by atoms with E-state index in [0.29, 0.717) is 17.0 Å². The van der Waals surface area contributed by atoms with E-state index in [9.17, 15) is 14.9 Å². The van der Waals surface area contributed by atoms with Crippen LogP contribution in [0.25, 0.3) is 0 Å². The molecule has 1 aromatic carbocycles. The van der Waals surface area contributed by atoms with Gasteiger partial charge in [-0.1, -0.05) is 19.4 Å². The predicted octanol–water partition coefficient (Wildman–Crippen LogP) is 5.36. The number of unbranched alkanes of at least 4 members (excludes halogenated alkanes) is 1. The maximum absolute atomic E-state index is 12.4. The molecule has 0 fully saturated rings. The van der Waals surface area contributed by atoms with Crippen LogP contribution in [0.1, 0.15) is 55.0 Å². The topological polar surface area (TPSA) is 82.0 Å². The first-order chi connectivity index (χ1) is 14.1. The number of benzene rings is 1. The third-order valence-corrected chi connectivity index (χ3v) is 6.98. The van der Waals surface area contributed by atoms with Gasteiger partial charge in [0, 0.05) is 21.9 Å². The van der Waals surface area contributed by atoms with Crippen LogP contribution in [0.2, 0.25) is 0 Å². The zero-order chi connectivity index (χ0) is 20.6. The van der Waals surface area contributed by atoms with Gasteiger partial charge in [-0.05, 0) is 55.9 Å².